The van der Waals surface area contributed by atoms with Gasteiger partial charge in [0, 0.05) is 25.8 Å². The number of rotatable bonds is 4. The van der Waals surface area contributed by atoms with E-state index in [1.54, 1.807) is 0 Å². The van der Waals surface area contributed by atoms with Crippen LogP contribution in [0, 0.1) is 0 Å². The smallest absolute Gasteiger partial charge is 0.137 e. The third kappa shape index (κ3) is 3.32. The summed E-state index contributed by atoms with van der Waals surface area (Å²) < 4.78 is 7.78. The standard InChI is InChI=1S/C21H25N3O/c1-16(2)21-19(15-23-10-12-25-13-11-23)24-14-18(8-9-20(24)22-21)17-6-4-3-5-7-17/h3-9,14,16H,10-13,15H2,1-2H3. The van der Waals surface area contributed by atoms with Crippen molar-refractivity contribution in [1.82, 2.24) is 14.3 Å². The van der Waals surface area contributed by atoms with Crippen molar-refractivity contribution in [2.24, 2.45) is 0 Å². The van der Waals surface area contributed by atoms with Crippen LogP contribution < -0.4 is 0 Å². The third-order valence-corrected chi connectivity index (χ3v) is 4.88. The van der Waals surface area contributed by atoms with Gasteiger partial charge in [-0.2, -0.15) is 0 Å². The minimum atomic E-state index is 0.413. The maximum Gasteiger partial charge on any atom is 0.137 e. The summed E-state index contributed by atoms with van der Waals surface area (Å²) in [5.41, 5.74) is 6.01. The second-order valence-electron chi connectivity index (χ2n) is 7.00. The maximum atomic E-state index is 5.50. The number of hydrogen-bond acceptors (Lipinski definition) is 3. The highest BCUT2D eigenvalue weighted by Gasteiger charge is 2.19. The Hall–Kier alpha value is -2.17. The number of benzene rings is 1. The fourth-order valence-corrected chi connectivity index (χ4v) is 3.50. The molecule has 0 atom stereocenters. The van der Waals surface area contributed by atoms with Gasteiger partial charge < -0.3 is 9.14 Å². The molecule has 1 saturated heterocycles. The number of pyridine rings is 1. The van der Waals surface area contributed by atoms with Crippen LogP contribution in [0.5, 0.6) is 0 Å². The second-order valence-corrected chi connectivity index (χ2v) is 7.00. The van der Waals surface area contributed by atoms with Crippen molar-refractivity contribution in [1.29, 1.82) is 0 Å². The van der Waals surface area contributed by atoms with Gasteiger partial charge in [-0.3, -0.25) is 4.90 Å². The van der Waals surface area contributed by atoms with E-state index in [0.29, 0.717) is 5.92 Å². The van der Waals surface area contributed by atoms with Crippen LogP contribution in [0.15, 0.2) is 48.7 Å². The molecule has 4 rings (SSSR count). The van der Waals surface area contributed by atoms with E-state index in [9.17, 15) is 0 Å². The van der Waals surface area contributed by atoms with Crippen molar-refractivity contribution in [3.05, 3.63) is 60.0 Å². The van der Waals surface area contributed by atoms with E-state index in [-0.39, 0.29) is 0 Å². The van der Waals surface area contributed by atoms with Crippen LogP contribution in [-0.4, -0.2) is 40.6 Å². The quantitative estimate of drug-likeness (QED) is 0.723. The first kappa shape index (κ1) is 16.3. The normalized spacial score (nSPS) is 16.0. The molecule has 0 unspecified atom stereocenters. The van der Waals surface area contributed by atoms with Crippen LogP contribution in [0.2, 0.25) is 0 Å². The number of morpholine rings is 1. The van der Waals surface area contributed by atoms with Gasteiger partial charge in [-0.1, -0.05) is 44.2 Å². The molecule has 3 aromatic rings. The lowest BCUT2D eigenvalue weighted by molar-refractivity contribution is 0.0334. The van der Waals surface area contributed by atoms with Crippen molar-refractivity contribution in [2.45, 2.75) is 26.3 Å². The third-order valence-electron chi connectivity index (χ3n) is 4.88. The molecule has 0 saturated carbocycles. The van der Waals surface area contributed by atoms with Gasteiger partial charge in [0.25, 0.3) is 0 Å². The molecule has 1 aromatic carbocycles. The molecule has 0 bridgehead atoms. The number of ether oxygens (including phenoxy) is 1. The minimum Gasteiger partial charge on any atom is -0.379 e. The predicted octanol–water partition coefficient (Wildman–Crippen LogP) is 3.96. The number of imidazole rings is 1. The molecule has 2 aromatic heterocycles. The van der Waals surface area contributed by atoms with E-state index in [0.717, 1.165) is 38.5 Å². The zero-order chi connectivity index (χ0) is 17.2. The Morgan fingerprint density at radius 1 is 1.00 bits per heavy atom. The highest BCUT2D eigenvalue weighted by molar-refractivity contribution is 5.65. The monoisotopic (exact) mass is 335 g/mol. The Morgan fingerprint density at radius 2 is 1.76 bits per heavy atom. The van der Waals surface area contributed by atoms with Gasteiger partial charge in [0.1, 0.15) is 5.65 Å². The van der Waals surface area contributed by atoms with Gasteiger partial charge in [0.05, 0.1) is 24.6 Å². The second kappa shape index (κ2) is 6.98. The molecule has 4 heteroatoms. The maximum absolute atomic E-state index is 5.50. The van der Waals surface area contributed by atoms with E-state index in [1.165, 1.54) is 22.5 Å². The van der Waals surface area contributed by atoms with Gasteiger partial charge >= 0.3 is 0 Å². The van der Waals surface area contributed by atoms with Crippen LogP contribution in [0.1, 0.15) is 31.2 Å². The average Bonchev–Trinajstić information content (AvgIpc) is 3.01. The van der Waals surface area contributed by atoms with Crippen molar-refractivity contribution < 1.29 is 4.74 Å². The van der Waals surface area contributed by atoms with Crippen molar-refractivity contribution >= 4 is 5.65 Å². The van der Waals surface area contributed by atoms with Crippen LogP contribution in [0.3, 0.4) is 0 Å². The van der Waals surface area contributed by atoms with E-state index >= 15 is 0 Å². The Labute approximate surface area is 149 Å². The molecule has 0 radical (unpaired) electrons. The van der Waals surface area contributed by atoms with Crippen molar-refractivity contribution in [2.75, 3.05) is 26.3 Å². The summed E-state index contributed by atoms with van der Waals surface area (Å²) >= 11 is 0. The molecule has 130 valence electrons. The number of fused-ring (bicyclic) bond motifs is 1. The topological polar surface area (TPSA) is 29.8 Å². The Morgan fingerprint density at radius 3 is 2.48 bits per heavy atom. The number of hydrogen-bond donors (Lipinski definition) is 0. The molecular weight excluding hydrogens is 310 g/mol. The van der Waals surface area contributed by atoms with E-state index in [2.05, 4.69) is 71.8 Å². The van der Waals surface area contributed by atoms with Gasteiger partial charge in [-0.25, -0.2) is 4.98 Å². The van der Waals surface area contributed by atoms with Gasteiger partial charge in [-0.15, -0.1) is 0 Å². The molecular formula is C21H25N3O. The van der Waals surface area contributed by atoms with Crippen molar-refractivity contribution in [3.63, 3.8) is 0 Å². The largest absolute Gasteiger partial charge is 0.379 e. The first-order valence-corrected chi connectivity index (χ1v) is 9.09. The van der Waals surface area contributed by atoms with Crippen molar-refractivity contribution in [3.8, 4) is 11.1 Å². The fraction of sp³-hybridized carbons (Fsp3) is 0.381. The molecule has 0 amide bonds. The summed E-state index contributed by atoms with van der Waals surface area (Å²) in [5.74, 6) is 0.413. The van der Waals surface area contributed by atoms with E-state index in [4.69, 9.17) is 9.72 Å². The Bertz CT molecular complexity index is 848. The lowest BCUT2D eigenvalue weighted by atomic mass is 10.1. The summed E-state index contributed by atoms with van der Waals surface area (Å²) in [6, 6.07) is 14.8. The summed E-state index contributed by atoms with van der Waals surface area (Å²) in [4.78, 5) is 7.38. The molecule has 3 heterocycles. The summed E-state index contributed by atoms with van der Waals surface area (Å²) in [6.07, 6.45) is 2.24. The Kier molecular flexibility index (Phi) is 4.55. The predicted molar refractivity (Wildman–Crippen MR) is 101 cm³/mol. The van der Waals surface area contributed by atoms with Gasteiger partial charge in [0.15, 0.2) is 0 Å². The van der Waals surface area contributed by atoms with E-state index < -0.39 is 0 Å². The zero-order valence-electron chi connectivity index (χ0n) is 15.0. The molecule has 1 aliphatic heterocycles. The summed E-state index contributed by atoms with van der Waals surface area (Å²) in [5, 5.41) is 0. The average molecular weight is 335 g/mol. The molecule has 1 aliphatic rings. The molecule has 1 fully saturated rings. The molecule has 0 N–H and O–H groups in total. The SMILES string of the molecule is CC(C)c1nc2ccc(-c3ccccc3)cn2c1CN1CCOCC1. The van der Waals surface area contributed by atoms with Gasteiger partial charge in [-0.05, 0) is 29.2 Å². The summed E-state index contributed by atoms with van der Waals surface area (Å²) in [7, 11) is 0. The van der Waals surface area contributed by atoms with Crippen LogP contribution in [0.4, 0.5) is 0 Å². The lowest BCUT2D eigenvalue weighted by Crippen LogP contribution is -2.36. The highest BCUT2D eigenvalue weighted by Crippen LogP contribution is 2.26. The van der Waals surface area contributed by atoms with Crippen LogP contribution in [0.25, 0.3) is 16.8 Å². The molecule has 0 aliphatic carbocycles. The van der Waals surface area contributed by atoms with Crippen LogP contribution >= 0.6 is 0 Å². The molecule has 0 spiro atoms. The first-order valence-electron chi connectivity index (χ1n) is 9.09. The molecule has 25 heavy (non-hydrogen) atoms. The zero-order valence-corrected chi connectivity index (χ0v) is 15.0. The number of nitrogens with zero attached hydrogens (tertiary/aromatic N) is 3. The highest BCUT2D eigenvalue weighted by atomic mass is 16.5. The lowest BCUT2D eigenvalue weighted by Gasteiger charge is -2.27. The number of aromatic nitrogens is 2. The summed E-state index contributed by atoms with van der Waals surface area (Å²) in [6.45, 7) is 9.00. The van der Waals surface area contributed by atoms with E-state index in [1.807, 2.05) is 0 Å². The Balaban J connectivity index is 1.78. The minimum absolute atomic E-state index is 0.413. The van der Waals surface area contributed by atoms with Crippen LogP contribution in [-0.2, 0) is 11.3 Å². The van der Waals surface area contributed by atoms with Gasteiger partial charge in [0.2, 0.25) is 0 Å². The fourth-order valence-electron chi connectivity index (χ4n) is 3.50. The first-order chi connectivity index (χ1) is 12.2. The molecule has 4 nitrogen and oxygen atoms in total.